The Morgan fingerprint density at radius 1 is 1.06 bits per heavy atom. The number of nitrogens with two attached hydrogens (primary N) is 1. The molecule has 0 aliphatic carbocycles. The topological polar surface area (TPSA) is 35.2 Å². The Hall–Kier alpha value is -1.80. The zero-order valence-corrected chi connectivity index (χ0v) is 10.7. The van der Waals surface area contributed by atoms with Crippen LogP contribution in [-0.4, -0.2) is 6.54 Å². The molecule has 0 amide bonds. The molecule has 0 aliphatic rings. The zero-order chi connectivity index (χ0) is 12.8. The first-order valence-electron chi connectivity index (χ1n) is 6.26. The van der Waals surface area contributed by atoms with E-state index in [1.165, 1.54) is 16.7 Å². The molecule has 2 N–H and O–H groups in total. The lowest BCUT2D eigenvalue weighted by Crippen LogP contribution is -2.05. The predicted octanol–water partition coefficient (Wildman–Crippen LogP) is 3.08. The normalized spacial score (nSPS) is 10.3. The van der Waals surface area contributed by atoms with E-state index in [9.17, 15) is 0 Å². The molecule has 0 fully saturated rings. The van der Waals surface area contributed by atoms with Gasteiger partial charge in [0.05, 0.1) is 0 Å². The minimum Gasteiger partial charge on any atom is -0.489 e. The van der Waals surface area contributed by atoms with Crippen molar-refractivity contribution in [3.63, 3.8) is 0 Å². The van der Waals surface area contributed by atoms with Gasteiger partial charge in [-0.1, -0.05) is 48.0 Å². The van der Waals surface area contributed by atoms with Crippen molar-refractivity contribution in [1.82, 2.24) is 0 Å². The lowest BCUT2D eigenvalue weighted by Gasteiger charge is -2.12. The van der Waals surface area contributed by atoms with Crippen molar-refractivity contribution in [2.75, 3.05) is 6.54 Å². The number of aryl methyl sites for hydroxylation is 1. The zero-order valence-electron chi connectivity index (χ0n) is 10.7. The van der Waals surface area contributed by atoms with E-state index in [1.54, 1.807) is 0 Å². The SMILES string of the molecule is Cc1ccc(OCc2ccccc2)c(CCN)c1. The first kappa shape index (κ1) is 12.7. The molecule has 18 heavy (non-hydrogen) atoms. The van der Waals surface area contributed by atoms with Crippen LogP contribution in [0.3, 0.4) is 0 Å². The van der Waals surface area contributed by atoms with Gasteiger partial charge >= 0.3 is 0 Å². The summed E-state index contributed by atoms with van der Waals surface area (Å²) in [6.45, 7) is 3.33. The maximum Gasteiger partial charge on any atom is 0.123 e. The van der Waals surface area contributed by atoms with Gasteiger partial charge in [0.1, 0.15) is 12.4 Å². The molecule has 2 rings (SSSR count). The summed E-state index contributed by atoms with van der Waals surface area (Å²) in [5, 5.41) is 0. The third-order valence-corrected chi connectivity index (χ3v) is 2.87. The van der Waals surface area contributed by atoms with Gasteiger partial charge in [-0.2, -0.15) is 0 Å². The van der Waals surface area contributed by atoms with Crippen LogP contribution < -0.4 is 10.5 Å². The molecule has 2 nitrogen and oxygen atoms in total. The lowest BCUT2D eigenvalue weighted by atomic mass is 10.1. The smallest absolute Gasteiger partial charge is 0.123 e. The van der Waals surface area contributed by atoms with E-state index in [2.05, 4.69) is 31.2 Å². The van der Waals surface area contributed by atoms with Crippen molar-refractivity contribution >= 4 is 0 Å². The van der Waals surface area contributed by atoms with Gasteiger partial charge in [0.15, 0.2) is 0 Å². The van der Waals surface area contributed by atoms with Crippen LogP contribution in [0.25, 0.3) is 0 Å². The van der Waals surface area contributed by atoms with Gasteiger partial charge in [0.2, 0.25) is 0 Å². The monoisotopic (exact) mass is 241 g/mol. The second kappa shape index (κ2) is 6.22. The predicted molar refractivity (Wildman–Crippen MR) is 74.7 cm³/mol. The molecule has 0 aliphatic heterocycles. The molecule has 0 aromatic heterocycles. The van der Waals surface area contributed by atoms with Crippen LogP contribution in [0, 0.1) is 6.92 Å². The fourth-order valence-corrected chi connectivity index (χ4v) is 1.94. The Bertz CT molecular complexity index is 494. The largest absolute Gasteiger partial charge is 0.489 e. The van der Waals surface area contributed by atoms with Crippen LogP contribution in [0.4, 0.5) is 0 Å². The summed E-state index contributed by atoms with van der Waals surface area (Å²) in [7, 11) is 0. The van der Waals surface area contributed by atoms with Crippen LogP contribution in [0.5, 0.6) is 5.75 Å². The van der Waals surface area contributed by atoms with Crippen LogP contribution >= 0.6 is 0 Å². The van der Waals surface area contributed by atoms with Crippen LogP contribution in [-0.2, 0) is 13.0 Å². The molecular weight excluding hydrogens is 222 g/mol. The molecule has 94 valence electrons. The standard InChI is InChI=1S/C16H19NO/c1-13-7-8-16(15(11-13)9-10-17)18-12-14-5-3-2-4-6-14/h2-8,11H,9-10,12,17H2,1H3. The van der Waals surface area contributed by atoms with Gasteiger partial charge in [-0.05, 0) is 37.1 Å². The van der Waals surface area contributed by atoms with Gasteiger partial charge in [-0.25, -0.2) is 0 Å². The summed E-state index contributed by atoms with van der Waals surface area (Å²) in [4.78, 5) is 0. The second-order valence-electron chi connectivity index (χ2n) is 4.42. The average molecular weight is 241 g/mol. The number of benzene rings is 2. The summed E-state index contributed by atoms with van der Waals surface area (Å²) in [6, 6.07) is 16.4. The van der Waals surface area contributed by atoms with Gasteiger partial charge in [-0.3, -0.25) is 0 Å². The molecule has 2 aromatic rings. The van der Waals surface area contributed by atoms with Crippen molar-refractivity contribution < 1.29 is 4.74 Å². The minimum atomic E-state index is 0.599. The highest BCUT2D eigenvalue weighted by molar-refractivity contribution is 5.37. The number of hydrogen-bond acceptors (Lipinski definition) is 2. The summed E-state index contributed by atoms with van der Waals surface area (Å²) in [6.07, 6.45) is 0.853. The average Bonchev–Trinajstić information content (AvgIpc) is 2.39. The maximum absolute atomic E-state index is 5.88. The van der Waals surface area contributed by atoms with E-state index in [-0.39, 0.29) is 0 Å². The second-order valence-corrected chi connectivity index (χ2v) is 4.42. The third kappa shape index (κ3) is 3.34. The number of hydrogen-bond donors (Lipinski definition) is 1. The fraction of sp³-hybridized carbons (Fsp3) is 0.250. The van der Waals surface area contributed by atoms with Gasteiger partial charge in [0.25, 0.3) is 0 Å². The Morgan fingerprint density at radius 2 is 1.83 bits per heavy atom. The molecule has 0 radical (unpaired) electrons. The Labute approximate surface area is 108 Å². The molecule has 2 aromatic carbocycles. The van der Waals surface area contributed by atoms with Gasteiger partial charge in [-0.15, -0.1) is 0 Å². The third-order valence-electron chi connectivity index (χ3n) is 2.87. The van der Waals surface area contributed by atoms with E-state index in [0.717, 1.165) is 12.2 Å². The lowest BCUT2D eigenvalue weighted by molar-refractivity contribution is 0.303. The Balaban J connectivity index is 2.09. The molecular formula is C16H19NO. The highest BCUT2D eigenvalue weighted by atomic mass is 16.5. The van der Waals surface area contributed by atoms with Crippen molar-refractivity contribution in [1.29, 1.82) is 0 Å². The molecule has 0 saturated heterocycles. The summed E-state index contributed by atoms with van der Waals surface area (Å²) in [5.74, 6) is 0.940. The van der Waals surface area contributed by atoms with Crippen LogP contribution in [0.15, 0.2) is 48.5 Å². The number of rotatable bonds is 5. The molecule has 0 atom stereocenters. The first-order valence-corrected chi connectivity index (χ1v) is 6.26. The quantitative estimate of drug-likeness (QED) is 0.873. The van der Waals surface area contributed by atoms with Crippen molar-refractivity contribution in [3.8, 4) is 5.75 Å². The van der Waals surface area contributed by atoms with Crippen molar-refractivity contribution in [2.24, 2.45) is 5.73 Å². The van der Waals surface area contributed by atoms with E-state index >= 15 is 0 Å². The fourth-order valence-electron chi connectivity index (χ4n) is 1.94. The maximum atomic E-state index is 5.88. The Kier molecular flexibility index (Phi) is 4.37. The van der Waals surface area contributed by atoms with E-state index in [1.807, 2.05) is 24.3 Å². The van der Waals surface area contributed by atoms with Crippen molar-refractivity contribution in [2.45, 2.75) is 20.0 Å². The van der Waals surface area contributed by atoms with Crippen molar-refractivity contribution in [3.05, 3.63) is 65.2 Å². The molecule has 0 saturated carbocycles. The van der Waals surface area contributed by atoms with Crippen LogP contribution in [0.2, 0.25) is 0 Å². The van der Waals surface area contributed by atoms with E-state index in [0.29, 0.717) is 13.2 Å². The van der Waals surface area contributed by atoms with E-state index in [4.69, 9.17) is 10.5 Å². The van der Waals surface area contributed by atoms with Gasteiger partial charge < -0.3 is 10.5 Å². The minimum absolute atomic E-state index is 0.599. The summed E-state index contributed by atoms with van der Waals surface area (Å²) >= 11 is 0. The molecule has 0 spiro atoms. The van der Waals surface area contributed by atoms with E-state index < -0.39 is 0 Å². The summed E-state index contributed by atoms with van der Waals surface area (Å²) in [5.41, 5.74) is 9.24. The molecule has 2 heteroatoms. The first-order chi connectivity index (χ1) is 8.79. The number of ether oxygens (including phenoxy) is 1. The van der Waals surface area contributed by atoms with Gasteiger partial charge in [0, 0.05) is 0 Å². The Morgan fingerprint density at radius 3 is 2.56 bits per heavy atom. The highest BCUT2D eigenvalue weighted by Crippen LogP contribution is 2.21. The molecule has 0 heterocycles. The summed E-state index contributed by atoms with van der Waals surface area (Å²) < 4.78 is 5.88. The highest BCUT2D eigenvalue weighted by Gasteiger charge is 2.03. The van der Waals surface area contributed by atoms with Crippen LogP contribution in [0.1, 0.15) is 16.7 Å². The molecule has 0 unspecified atom stereocenters. The molecule has 0 bridgehead atoms.